The van der Waals surface area contributed by atoms with Gasteiger partial charge in [-0.05, 0) is 25.5 Å². The molecule has 0 heterocycles. The monoisotopic (exact) mass is 168 g/mol. The predicted octanol–water partition coefficient (Wildman–Crippen LogP) is 2.45. The van der Waals surface area contributed by atoms with E-state index in [1.807, 2.05) is 6.08 Å². The van der Waals surface area contributed by atoms with Gasteiger partial charge in [-0.25, -0.2) is 0 Å². The molecule has 0 N–H and O–H groups in total. The van der Waals surface area contributed by atoms with Gasteiger partial charge in [0.05, 0.1) is 13.0 Å². The van der Waals surface area contributed by atoms with Gasteiger partial charge < -0.3 is 4.74 Å². The van der Waals surface area contributed by atoms with Crippen molar-refractivity contribution in [2.75, 3.05) is 6.61 Å². The number of unbranched alkanes of at least 4 members (excludes halogenated alkanes) is 1. The van der Waals surface area contributed by atoms with Gasteiger partial charge in [0, 0.05) is 0 Å². The van der Waals surface area contributed by atoms with Crippen molar-refractivity contribution >= 4 is 5.97 Å². The molecular formula is C10H16O2. The number of carbonyl (C=O) groups excluding carboxylic acids is 1. The first-order chi connectivity index (χ1) is 5.81. The Hall–Kier alpha value is -1.01. The predicted molar refractivity (Wildman–Crippen MR) is 48.8 cm³/mol. The van der Waals surface area contributed by atoms with Crippen LogP contribution in [0.4, 0.5) is 0 Å². The number of ether oxygens (including phenoxy) is 1. The highest BCUT2D eigenvalue weighted by Crippen LogP contribution is 1.89. The molecule has 0 aromatic carbocycles. The average molecular weight is 168 g/mol. The molecular weight excluding hydrogens is 152 g/mol. The molecule has 0 aliphatic heterocycles. The molecule has 0 amide bonds. The van der Waals surface area contributed by atoms with Crippen LogP contribution in [0.2, 0.25) is 0 Å². The first-order valence-electron chi connectivity index (χ1n) is 4.36. The summed E-state index contributed by atoms with van der Waals surface area (Å²) in [5, 5.41) is 0. The van der Waals surface area contributed by atoms with Crippen LogP contribution in [0.25, 0.3) is 0 Å². The zero-order valence-corrected chi connectivity index (χ0v) is 7.80. The molecule has 2 heteroatoms. The Morgan fingerprint density at radius 2 is 2.17 bits per heavy atom. The van der Waals surface area contributed by atoms with E-state index in [4.69, 9.17) is 4.74 Å². The molecule has 0 unspecified atom stereocenters. The minimum Gasteiger partial charge on any atom is -0.466 e. The van der Waals surface area contributed by atoms with E-state index in [9.17, 15) is 4.79 Å². The molecule has 0 fully saturated rings. The van der Waals surface area contributed by atoms with Crippen molar-refractivity contribution in [3.8, 4) is 0 Å². The van der Waals surface area contributed by atoms with Gasteiger partial charge in [0.1, 0.15) is 0 Å². The first kappa shape index (κ1) is 11.0. The maximum Gasteiger partial charge on any atom is 0.310 e. The Balaban J connectivity index is 3.52. The summed E-state index contributed by atoms with van der Waals surface area (Å²) in [7, 11) is 0. The SMILES string of the molecule is CCCC=C=CCC(=O)OCC. The van der Waals surface area contributed by atoms with Gasteiger partial charge in [-0.15, -0.1) is 5.73 Å². The van der Waals surface area contributed by atoms with Crippen LogP contribution in [0, 0.1) is 0 Å². The lowest BCUT2D eigenvalue weighted by atomic mass is 10.3. The number of hydrogen-bond acceptors (Lipinski definition) is 2. The van der Waals surface area contributed by atoms with Crippen LogP contribution >= 0.6 is 0 Å². The van der Waals surface area contributed by atoms with Crippen molar-refractivity contribution < 1.29 is 9.53 Å². The van der Waals surface area contributed by atoms with Gasteiger partial charge in [0.25, 0.3) is 0 Å². The van der Waals surface area contributed by atoms with E-state index < -0.39 is 0 Å². The molecule has 0 atom stereocenters. The minimum absolute atomic E-state index is 0.185. The summed E-state index contributed by atoms with van der Waals surface area (Å²) in [5.41, 5.74) is 2.92. The molecule has 2 nitrogen and oxygen atoms in total. The fourth-order valence-electron chi connectivity index (χ4n) is 0.673. The topological polar surface area (TPSA) is 26.3 Å². The van der Waals surface area contributed by atoms with Crippen LogP contribution in [0.5, 0.6) is 0 Å². The third-order valence-electron chi connectivity index (χ3n) is 1.24. The molecule has 0 aliphatic carbocycles. The van der Waals surface area contributed by atoms with Gasteiger partial charge in [0.2, 0.25) is 0 Å². The summed E-state index contributed by atoms with van der Waals surface area (Å²) in [6.45, 7) is 4.35. The van der Waals surface area contributed by atoms with Gasteiger partial charge in [-0.2, -0.15) is 0 Å². The van der Waals surface area contributed by atoms with Crippen LogP contribution in [0.1, 0.15) is 33.1 Å². The second-order valence-electron chi connectivity index (χ2n) is 2.37. The largest absolute Gasteiger partial charge is 0.466 e. The second kappa shape index (κ2) is 8.09. The average Bonchev–Trinajstić information content (AvgIpc) is 2.05. The summed E-state index contributed by atoms with van der Waals surface area (Å²) in [6, 6.07) is 0. The minimum atomic E-state index is -0.185. The van der Waals surface area contributed by atoms with E-state index in [-0.39, 0.29) is 5.97 Å². The number of carbonyl (C=O) groups is 1. The quantitative estimate of drug-likeness (QED) is 0.465. The van der Waals surface area contributed by atoms with Crippen molar-refractivity contribution in [2.45, 2.75) is 33.1 Å². The fraction of sp³-hybridized carbons (Fsp3) is 0.600. The third-order valence-corrected chi connectivity index (χ3v) is 1.24. The molecule has 0 radical (unpaired) electrons. The molecule has 0 spiro atoms. The van der Waals surface area contributed by atoms with Gasteiger partial charge in [0.15, 0.2) is 0 Å². The lowest BCUT2D eigenvalue weighted by Crippen LogP contribution is -2.00. The van der Waals surface area contributed by atoms with E-state index in [2.05, 4.69) is 12.7 Å². The van der Waals surface area contributed by atoms with Crippen LogP contribution in [-0.2, 0) is 9.53 Å². The van der Waals surface area contributed by atoms with E-state index in [0.29, 0.717) is 13.0 Å². The molecule has 0 saturated heterocycles. The van der Waals surface area contributed by atoms with Crippen molar-refractivity contribution in [1.82, 2.24) is 0 Å². The van der Waals surface area contributed by atoms with Gasteiger partial charge in [-0.1, -0.05) is 13.3 Å². The van der Waals surface area contributed by atoms with Crippen molar-refractivity contribution in [1.29, 1.82) is 0 Å². The summed E-state index contributed by atoms with van der Waals surface area (Å²) in [4.78, 5) is 10.8. The van der Waals surface area contributed by atoms with Gasteiger partial charge in [-0.3, -0.25) is 4.79 Å². The number of rotatable bonds is 5. The smallest absolute Gasteiger partial charge is 0.310 e. The summed E-state index contributed by atoms with van der Waals surface area (Å²) in [5.74, 6) is -0.185. The Bertz CT molecular complexity index is 176. The van der Waals surface area contributed by atoms with Crippen LogP contribution in [-0.4, -0.2) is 12.6 Å². The molecule has 0 saturated carbocycles. The van der Waals surface area contributed by atoms with E-state index in [1.165, 1.54) is 0 Å². The van der Waals surface area contributed by atoms with E-state index in [0.717, 1.165) is 12.8 Å². The zero-order valence-electron chi connectivity index (χ0n) is 7.80. The number of esters is 1. The van der Waals surface area contributed by atoms with Gasteiger partial charge >= 0.3 is 5.97 Å². The third kappa shape index (κ3) is 7.10. The highest BCUT2D eigenvalue weighted by molar-refractivity contribution is 5.70. The summed E-state index contributed by atoms with van der Waals surface area (Å²) >= 11 is 0. The lowest BCUT2D eigenvalue weighted by molar-refractivity contribution is -0.142. The molecule has 0 aliphatic rings. The summed E-state index contributed by atoms with van der Waals surface area (Å²) < 4.78 is 4.72. The molecule has 0 aromatic heterocycles. The van der Waals surface area contributed by atoms with Crippen molar-refractivity contribution in [3.05, 3.63) is 17.9 Å². The van der Waals surface area contributed by atoms with Crippen LogP contribution < -0.4 is 0 Å². The second-order valence-corrected chi connectivity index (χ2v) is 2.37. The van der Waals surface area contributed by atoms with E-state index in [1.54, 1.807) is 13.0 Å². The Kier molecular flexibility index (Phi) is 7.41. The summed E-state index contributed by atoms with van der Waals surface area (Å²) in [6.07, 6.45) is 6.08. The fourth-order valence-corrected chi connectivity index (χ4v) is 0.673. The zero-order chi connectivity index (χ0) is 9.23. The molecule has 12 heavy (non-hydrogen) atoms. The highest BCUT2D eigenvalue weighted by atomic mass is 16.5. The Labute approximate surface area is 73.9 Å². The molecule has 68 valence electrons. The molecule has 0 aromatic rings. The maximum absolute atomic E-state index is 10.8. The first-order valence-corrected chi connectivity index (χ1v) is 4.36. The molecule has 0 rings (SSSR count). The van der Waals surface area contributed by atoms with Crippen molar-refractivity contribution in [3.63, 3.8) is 0 Å². The highest BCUT2D eigenvalue weighted by Gasteiger charge is 1.94. The van der Waals surface area contributed by atoms with Crippen LogP contribution in [0.3, 0.4) is 0 Å². The van der Waals surface area contributed by atoms with E-state index >= 15 is 0 Å². The van der Waals surface area contributed by atoms with Crippen molar-refractivity contribution in [2.24, 2.45) is 0 Å². The standard InChI is InChI=1S/C10H16O2/c1-3-5-6-7-8-9-10(11)12-4-2/h6,8H,3-5,9H2,1-2H3. The van der Waals surface area contributed by atoms with Crippen LogP contribution in [0.15, 0.2) is 17.9 Å². The number of hydrogen-bond donors (Lipinski definition) is 0. The molecule has 0 bridgehead atoms. The Morgan fingerprint density at radius 1 is 1.42 bits per heavy atom. The Morgan fingerprint density at radius 3 is 2.75 bits per heavy atom. The normalized spacial score (nSPS) is 8.50. The maximum atomic E-state index is 10.8. The lowest BCUT2D eigenvalue weighted by Gasteiger charge is -1.94.